The van der Waals surface area contributed by atoms with Gasteiger partial charge in [0.2, 0.25) is 5.76 Å². The number of carbonyl (C=O) groups is 2. The second-order valence-corrected chi connectivity index (χ2v) is 11.8. The Bertz CT molecular complexity index is 1150. The lowest BCUT2D eigenvalue weighted by atomic mass is 9.44. The molecule has 0 amide bonds. The van der Waals surface area contributed by atoms with Crippen LogP contribution in [-0.2, 0) is 27.7 Å². The summed E-state index contributed by atoms with van der Waals surface area (Å²) in [6.07, 6.45) is -3.59. The maximum absolute atomic E-state index is 17.5. The maximum atomic E-state index is 17.5. The minimum absolute atomic E-state index is 0.114. The largest absolute Gasteiger partial charge is 0.647 e. The first-order valence-corrected chi connectivity index (χ1v) is 12.4. The molecule has 6 aliphatic rings. The summed E-state index contributed by atoms with van der Waals surface area (Å²) in [6, 6.07) is 0. The van der Waals surface area contributed by atoms with Gasteiger partial charge < -0.3 is 34.0 Å². The summed E-state index contributed by atoms with van der Waals surface area (Å²) >= 11 is 0. The highest BCUT2D eigenvalue weighted by atomic mass is 31.2. The van der Waals surface area contributed by atoms with Crippen LogP contribution in [-0.4, -0.2) is 62.1 Å². The monoisotopic (exact) mass is 486 g/mol. The van der Waals surface area contributed by atoms with E-state index in [1.165, 1.54) is 13.8 Å². The quantitative estimate of drug-likeness (QED) is 0.411. The molecule has 6 rings (SSSR count). The zero-order chi connectivity index (χ0) is 23.9. The Hall–Kier alpha value is -1.78. The number of aliphatic hydroxyl groups is 4. The van der Waals surface area contributed by atoms with Gasteiger partial charge in [0.15, 0.2) is 28.6 Å². The first-order valence-electron chi connectivity index (χ1n) is 10.9. The van der Waals surface area contributed by atoms with E-state index in [2.05, 4.69) is 0 Å². The third-order valence-corrected chi connectivity index (χ3v) is 10.6. The molecule has 4 aliphatic carbocycles. The highest BCUT2D eigenvalue weighted by molar-refractivity contribution is 7.49. The number of fused-ring (bicyclic) bond motifs is 8. The first kappa shape index (κ1) is 21.7. The highest BCUT2D eigenvalue weighted by Gasteiger charge is 2.80. The fraction of sp³-hybridized carbons (Fsp3) is 0.714. The van der Waals surface area contributed by atoms with Gasteiger partial charge in [-0.1, -0.05) is 6.92 Å². The number of rotatable bonds is 2. The molecular formula is C21H24FO10P. The van der Waals surface area contributed by atoms with Crippen molar-refractivity contribution in [3.8, 4) is 0 Å². The number of Topliss-reactive ketones (excluding diaryl/α,β-unsaturated/α-hetero) is 2. The molecule has 0 aromatic rings. The lowest BCUT2D eigenvalue weighted by Crippen LogP contribution is -2.70. The number of phosphoric ester groups is 1. The average Bonchev–Trinajstić information content (AvgIpc) is 3.13. The van der Waals surface area contributed by atoms with E-state index in [4.69, 9.17) is 13.6 Å². The van der Waals surface area contributed by atoms with Crippen LogP contribution in [0.25, 0.3) is 0 Å². The van der Waals surface area contributed by atoms with Gasteiger partial charge in [-0.15, -0.1) is 0 Å². The van der Waals surface area contributed by atoms with Gasteiger partial charge >= 0.3 is 7.82 Å². The topological polar surface area (TPSA) is 160 Å². The Balaban J connectivity index is 1.54. The third kappa shape index (κ3) is 2.02. The van der Waals surface area contributed by atoms with E-state index >= 15 is 4.39 Å². The van der Waals surface area contributed by atoms with Crippen molar-refractivity contribution in [2.24, 2.45) is 22.7 Å². The minimum Gasteiger partial charge on any atom is -0.390 e. The number of aliphatic hydroxyl groups excluding tert-OH is 3. The molecule has 3 saturated carbocycles. The zero-order valence-corrected chi connectivity index (χ0v) is 18.8. The lowest BCUT2D eigenvalue weighted by Gasteiger charge is -2.62. The number of carbonyl (C=O) groups excluding carboxylic acids is 2. The molecule has 33 heavy (non-hydrogen) atoms. The summed E-state index contributed by atoms with van der Waals surface area (Å²) in [5.41, 5.74) is -7.77. The zero-order valence-electron chi connectivity index (χ0n) is 17.9. The third-order valence-electron chi connectivity index (χ3n) is 9.38. The second-order valence-electron chi connectivity index (χ2n) is 10.4. The molecule has 4 N–H and O–H groups in total. The Morgan fingerprint density at radius 2 is 1.82 bits per heavy atom. The van der Waals surface area contributed by atoms with E-state index in [0.29, 0.717) is 0 Å². The predicted octanol–water partition coefficient (Wildman–Crippen LogP) is 0.789. The van der Waals surface area contributed by atoms with Crippen LogP contribution in [0.1, 0.15) is 39.5 Å². The van der Waals surface area contributed by atoms with Gasteiger partial charge in [-0.3, -0.25) is 9.59 Å². The number of hydrogen-bond donors (Lipinski definition) is 4. The summed E-state index contributed by atoms with van der Waals surface area (Å²) < 4.78 is 46.0. The fourth-order valence-electron chi connectivity index (χ4n) is 7.79. The fourth-order valence-corrected chi connectivity index (χ4v) is 9.19. The molecule has 3 bridgehead atoms. The van der Waals surface area contributed by atoms with Crippen molar-refractivity contribution < 1.29 is 52.5 Å². The Morgan fingerprint density at radius 3 is 2.48 bits per heavy atom. The molecular weight excluding hydrogens is 462 g/mol. The van der Waals surface area contributed by atoms with Crippen molar-refractivity contribution in [1.82, 2.24) is 0 Å². The molecule has 0 aromatic carbocycles. The molecule has 0 aromatic heterocycles. The van der Waals surface area contributed by atoms with Crippen molar-refractivity contribution in [3.05, 3.63) is 22.9 Å². The lowest BCUT2D eigenvalue weighted by molar-refractivity contribution is -0.226. The van der Waals surface area contributed by atoms with Gasteiger partial charge in [0.25, 0.3) is 5.78 Å². The molecule has 1 saturated heterocycles. The van der Waals surface area contributed by atoms with E-state index in [1.807, 2.05) is 0 Å². The van der Waals surface area contributed by atoms with Crippen LogP contribution >= 0.6 is 7.82 Å². The molecule has 180 valence electrons. The number of halogens is 1. The smallest absolute Gasteiger partial charge is 0.390 e. The van der Waals surface area contributed by atoms with E-state index in [-0.39, 0.29) is 42.1 Å². The van der Waals surface area contributed by atoms with Crippen LogP contribution in [0.4, 0.5) is 4.39 Å². The van der Waals surface area contributed by atoms with Crippen LogP contribution in [0.15, 0.2) is 22.9 Å². The predicted molar refractivity (Wildman–Crippen MR) is 104 cm³/mol. The molecule has 2 heterocycles. The summed E-state index contributed by atoms with van der Waals surface area (Å²) in [5, 5.41) is 42.8. The number of ketones is 2. The molecule has 12 heteroatoms. The summed E-state index contributed by atoms with van der Waals surface area (Å²) in [4.78, 5) is 25.3. The normalized spacial score (nSPS) is 53.7. The van der Waals surface area contributed by atoms with Crippen molar-refractivity contribution in [2.45, 2.75) is 63.0 Å². The standard InChI is InChI=1S/C21H24FO10P/c1-18-6-12(25)20(22)8(10(18)5-11(24)21(18,28)13(26)7-23)3-4-9-15-14(27)16-17(19(9,20)2)32-33(29,30-15)31-16/h8,10-12,23-25,28H,3-7H2,1-2H3/t8-,10-,11+,12-,18-,19+,20-,21?,33?/m0/s1. The number of alkyl halides is 1. The van der Waals surface area contributed by atoms with Crippen molar-refractivity contribution in [1.29, 1.82) is 0 Å². The van der Waals surface area contributed by atoms with Gasteiger partial charge in [-0.05, 0) is 44.1 Å². The molecule has 0 radical (unpaired) electrons. The van der Waals surface area contributed by atoms with Crippen molar-refractivity contribution in [2.75, 3.05) is 6.61 Å². The van der Waals surface area contributed by atoms with Gasteiger partial charge in [-0.2, -0.15) is 4.57 Å². The van der Waals surface area contributed by atoms with Crippen LogP contribution in [0, 0.1) is 22.7 Å². The van der Waals surface area contributed by atoms with E-state index in [1.54, 1.807) is 0 Å². The average molecular weight is 486 g/mol. The van der Waals surface area contributed by atoms with Crippen molar-refractivity contribution >= 4 is 19.4 Å². The van der Waals surface area contributed by atoms with Gasteiger partial charge in [0, 0.05) is 11.3 Å². The Morgan fingerprint density at radius 1 is 1.15 bits per heavy atom. The second kappa shape index (κ2) is 5.88. The van der Waals surface area contributed by atoms with E-state index in [0.717, 1.165) is 0 Å². The van der Waals surface area contributed by atoms with Gasteiger partial charge in [-0.25, -0.2) is 4.39 Å². The Labute approximate surface area is 187 Å². The SMILES string of the molecule is C[C@@]12C(=C3OP4(=O)OC(=C1O4)C3=O)CC[C@H]1[C@@H]3C[C@@H](O)C(O)(C(=O)CO)[C@@]3(C)C[C@H](O)[C@@]12F. The number of hydrogen-bond acceptors (Lipinski definition) is 10. The number of allylic oxidation sites excluding steroid dienone is 1. The van der Waals surface area contributed by atoms with Crippen molar-refractivity contribution in [3.63, 3.8) is 0 Å². The van der Waals surface area contributed by atoms with Crippen LogP contribution in [0.5, 0.6) is 0 Å². The van der Waals surface area contributed by atoms with Crippen LogP contribution in [0.2, 0.25) is 0 Å². The van der Waals surface area contributed by atoms with E-state index in [9.17, 15) is 34.6 Å². The summed E-state index contributed by atoms with van der Waals surface area (Å²) in [6.45, 7) is 1.96. The van der Waals surface area contributed by atoms with Gasteiger partial charge in [0.1, 0.15) is 6.61 Å². The molecule has 9 atom stereocenters. The van der Waals surface area contributed by atoms with Crippen LogP contribution in [0.3, 0.4) is 0 Å². The summed E-state index contributed by atoms with van der Waals surface area (Å²) in [7, 11) is -4.16. The molecule has 0 spiro atoms. The summed E-state index contributed by atoms with van der Waals surface area (Å²) in [5.74, 6) is -4.34. The van der Waals surface area contributed by atoms with E-state index < -0.39 is 78.6 Å². The molecule has 2 aliphatic heterocycles. The Kier molecular flexibility index (Phi) is 3.88. The molecule has 4 fully saturated rings. The van der Waals surface area contributed by atoms with Gasteiger partial charge in [0.05, 0.1) is 17.6 Å². The maximum Gasteiger partial charge on any atom is 0.647 e. The first-order chi connectivity index (χ1) is 15.3. The highest BCUT2D eigenvalue weighted by Crippen LogP contribution is 2.77. The minimum atomic E-state index is -4.16. The molecule has 2 unspecified atom stereocenters. The van der Waals surface area contributed by atoms with Crippen LogP contribution < -0.4 is 0 Å². The molecule has 10 nitrogen and oxygen atoms in total. The number of phosphoric acid groups is 1.